The summed E-state index contributed by atoms with van der Waals surface area (Å²) in [6.45, 7) is 5.67. The van der Waals surface area contributed by atoms with E-state index in [0.717, 1.165) is 18.4 Å². The minimum absolute atomic E-state index is 0.0230. The molecule has 1 aromatic heterocycles. The van der Waals surface area contributed by atoms with Gasteiger partial charge in [-0.1, -0.05) is 26.8 Å². The number of nitrogens with zero attached hydrogens (tertiary/aromatic N) is 2. The molecule has 1 aliphatic carbocycles. The van der Waals surface area contributed by atoms with E-state index >= 15 is 0 Å². The smallest absolute Gasteiger partial charge is 0.225 e. The summed E-state index contributed by atoms with van der Waals surface area (Å²) in [7, 11) is -3.47. The van der Waals surface area contributed by atoms with Crippen LogP contribution in [0.25, 0.3) is 0 Å². The van der Waals surface area contributed by atoms with Crippen molar-refractivity contribution >= 4 is 15.9 Å². The van der Waals surface area contributed by atoms with Gasteiger partial charge < -0.3 is 4.90 Å². The Morgan fingerprint density at radius 1 is 1.33 bits per heavy atom. The van der Waals surface area contributed by atoms with Gasteiger partial charge in [-0.2, -0.15) is 0 Å². The number of hydrogen-bond donors (Lipinski definition) is 1. The molecular formula is C17H25N3O3S. The zero-order valence-electron chi connectivity index (χ0n) is 14.4. The predicted molar refractivity (Wildman–Crippen MR) is 91.6 cm³/mol. The van der Waals surface area contributed by atoms with Crippen LogP contribution < -0.4 is 4.72 Å². The van der Waals surface area contributed by atoms with Crippen molar-refractivity contribution in [2.75, 3.05) is 5.75 Å². The van der Waals surface area contributed by atoms with E-state index in [-0.39, 0.29) is 35.6 Å². The second-order valence-corrected chi connectivity index (χ2v) is 9.77. The summed E-state index contributed by atoms with van der Waals surface area (Å²) in [6, 6.07) is 3.27. The van der Waals surface area contributed by atoms with Gasteiger partial charge in [-0.05, 0) is 29.9 Å². The highest BCUT2D eigenvalue weighted by atomic mass is 32.2. The Morgan fingerprint density at radius 2 is 2.04 bits per heavy atom. The van der Waals surface area contributed by atoms with E-state index in [1.54, 1.807) is 12.4 Å². The lowest BCUT2D eigenvalue weighted by Crippen LogP contribution is -2.43. The van der Waals surface area contributed by atoms with E-state index in [4.69, 9.17) is 0 Å². The predicted octanol–water partition coefficient (Wildman–Crippen LogP) is 1.85. The van der Waals surface area contributed by atoms with E-state index in [0.29, 0.717) is 0 Å². The summed E-state index contributed by atoms with van der Waals surface area (Å²) in [5.41, 5.74) is 0.549. The van der Waals surface area contributed by atoms with Crippen LogP contribution in [0.5, 0.6) is 0 Å². The number of aromatic nitrogens is 1. The lowest BCUT2D eigenvalue weighted by atomic mass is 10.0. The topological polar surface area (TPSA) is 79.4 Å². The van der Waals surface area contributed by atoms with Crippen LogP contribution in [-0.4, -0.2) is 42.0 Å². The highest BCUT2D eigenvalue weighted by molar-refractivity contribution is 7.89. The molecule has 3 rings (SSSR count). The third-order valence-electron chi connectivity index (χ3n) is 4.28. The summed E-state index contributed by atoms with van der Waals surface area (Å²) < 4.78 is 27.8. The maximum atomic E-state index is 12.5. The minimum atomic E-state index is -3.47. The number of likely N-dealkylation sites (tertiary alicyclic amines) is 1. The van der Waals surface area contributed by atoms with Crippen molar-refractivity contribution in [2.45, 2.75) is 58.2 Å². The molecule has 1 saturated carbocycles. The molecule has 1 aliphatic heterocycles. The van der Waals surface area contributed by atoms with Gasteiger partial charge >= 0.3 is 0 Å². The highest BCUT2D eigenvalue weighted by Crippen LogP contribution is 2.41. The molecule has 0 spiro atoms. The average Bonchev–Trinajstić information content (AvgIpc) is 3.21. The maximum absolute atomic E-state index is 12.5. The zero-order chi connectivity index (χ0) is 17.5. The fourth-order valence-electron chi connectivity index (χ4n) is 3.43. The molecule has 0 bridgehead atoms. The fourth-order valence-corrected chi connectivity index (χ4v) is 5.33. The first-order chi connectivity index (χ1) is 11.2. The molecular weight excluding hydrogens is 326 g/mol. The SMILES string of the molecule is CC(C)(C)CS(=O)(=O)N[C@@H]1CC(=O)N(C2CC2)[C@H]1c1cccnc1. The molecule has 1 saturated heterocycles. The molecule has 132 valence electrons. The number of carbonyl (C=O) groups is 1. The Balaban J connectivity index is 1.87. The monoisotopic (exact) mass is 351 g/mol. The standard InChI is InChI=1S/C17H25N3O3S/c1-17(2,3)11-24(22,23)19-14-9-15(21)20(13-6-7-13)16(14)12-5-4-8-18-10-12/h4-5,8,10,13-14,16,19H,6-7,9,11H2,1-3H3/t14-,16+/m1/s1. The van der Waals surface area contributed by atoms with E-state index in [1.165, 1.54) is 0 Å². The number of hydrogen-bond acceptors (Lipinski definition) is 4. The van der Waals surface area contributed by atoms with Crippen molar-refractivity contribution in [1.29, 1.82) is 0 Å². The fraction of sp³-hybridized carbons (Fsp3) is 0.647. The molecule has 1 aromatic rings. The molecule has 6 nitrogen and oxygen atoms in total. The van der Waals surface area contributed by atoms with Crippen LogP contribution in [0.4, 0.5) is 0 Å². The van der Waals surface area contributed by atoms with Crippen molar-refractivity contribution in [1.82, 2.24) is 14.6 Å². The molecule has 1 N–H and O–H groups in total. The number of carbonyl (C=O) groups excluding carboxylic acids is 1. The highest BCUT2D eigenvalue weighted by Gasteiger charge is 2.48. The van der Waals surface area contributed by atoms with Crippen LogP contribution >= 0.6 is 0 Å². The Morgan fingerprint density at radius 3 is 2.58 bits per heavy atom. The van der Waals surface area contributed by atoms with E-state index in [2.05, 4.69) is 9.71 Å². The van der Waals surface area contributed by atoms with Crippen molar-refractivity contribution in [2.24, 2.45) is 5.41 Å². The lowest BCUT2D eigenvalue weighted by Gasteiger charge is -2.29. The summed E-state index contributed by atoms with van der Waals surface area (Å²) in [4.78, 5) is 18.5. The Hall–Kier alpha value is -1.47. The van der Waals surface area contributed by atoms with E-state index < -0.39 is 16.1 Å². The molecule has 24 heavy (non-hydrogen) atoms. The van der Waals surface area contributed by atoms with Gasteiger partial charge in [0.25, 0.3) is 0 Å². The molecule has 2 atom stereocenters. The van der Waals surface area contributed by atoms with Crippen LogP contribution in [0.15, 0.2) is 24.5 Å². The second kappa shape index (κ2) is 6.11. The van der Waals surface area contributed by atoms with Crippen molar-refractivity contribution in [3.05, 3.63) is 30.1 Å². The van der Waals surface area contributed by atoms with Crippen LogP contribution in [0.2, 0.25) is 0 Å². The van der Waals surface area contributed by atoms with Gasteiger partial charge in [-0.3, -0.25) is 9.78 Å². The summed E-state index contributed by atoms with van der Waals surface area (Å²) in [6.07, 6.45) is 5.59. The van der Waals surface area contributed by atoms with Crippen LogP contribution in [0.1, 0.15) is 51.6 Å². The normalized spacial score (nSPS) is 25.3. The summed E-state index contributed by atoms with van der Waals surface area (Å²) in [5, 5.41) is 0. The number of sulfonamides is 1. The minimum Gasteiger partial charge on any atom is -0.331 e. The van der Waals surface area contributed by atoms with Gasteiger partial charge in [0, 0.05) is 24.9 Å². The van der Waals surface area contributed by atoms with Crippen molar-refractivity contribution < 1.29 is 13.2 Å². The second-order valence-electron chi connectivity index (χ2n) is 8.01. The summed E-state index contributed by atoms with van der Waals surface area (Å²) >= 11 is 0. The Kier molecular flexibility index (Phi) is 4.42. The lowest BCUT2D eigenvalue weighted by molar-refractivity contribution is -0.129. The Bertz CT molecular complexity index is 708. The van der Waals surface area contributed by atoms with Gasteiger partial charge in [-0.15, -0.1) is 0 Å². The van der Waals surface area contributed by atoms with Gasteiger partial charge in [0.15, 0.2) is 0 Å². The molecule has 0 aromatic carbocycles. The molecule has 2 fully saturated rings. The third-order valence-corrected chi connectivity index (χ3v) is 6.19. The maximum Gasteiger partial charge on any atom is 0.225 e. The average molecular weight is 351 g/mol. The van der Waals surface area contributed by atoms with Gasteiger partial charge in [-0.25, -0.2) is 13.1 Å². The first-order valence-corrected chi connectivity index (χ1v) is 10.0. The number of rotatable bonds is 5. The molecule has 0 unspecified atom stereocenters. The quantitative estimate of drug-likeness (QED) is 0.878. The van der Waals surface area contributed by atoms with Crippen molar-refractivity contribution in [3.8, 4) is 0 Å². The molecule has 7 heteroatoms. The zero-order valence-corrected chi connectivity index (χ0v) is 15.2. The third kappa shape index (κ3) is 3.95. The first kappa shape index (κ1) is 17.4. The van der Waals surface area contributed by atoms with E-state index in [9.17, 15) is 13.2 Å². The van der Waals surface area contributed by atoms with Crippen LogP contribution in [-0.2, 0) is 14.8 Å². The molecule has 2 heterocycles. The van der Waals surface area contributed by atoms with Gasteiger partial charge in [0.2, 0.25) is 15.9 Å². The number of amides is 1. The largest absolute Gasteiger partial charge is 0.331 e. The Labute approximate surface area is 143 Å². The van der Waals surface area contributed by atoms with Crippen LogP contribution in [0, 0.1) is 5.41 Å². The molecule has 1 amide bonds. The van der Waals surface area contributed by atoms with Crippen molar-refractivity contribution in [3.63, 3.8) is 0 Å². The van der Waals surface area contributed by atoms with Gasteiger partial charge in [0.1, 0.15) is 0 Å². The first-order valence-electron chi connectivity index (χ1n) is 8.37. The van der Waals surface area contributed by atoms with Gasteiger partial charge in [0.05, 0.1) is 17.8 Å². The molecule has 0 radical (unpaired) electrons. The molecule has 2 aliphatic rings. The summed E-state index contributed by atoms with van der Waals surface area (Å²) in [5.74, 6) is 0.0586. The van der Waals surface area contributed by atoms with E-state index in [1.807, 2.05) is 37.8 Å². The number of pyridine rings is 1. The van der Waals surface area contributed by atoms with Crippen LogP contribution in [0.3, 0.4) is 0 Å². The number of nitrogens with one attached hydrogen (secondary N) is 1.